The summed E-state index contributed by atoms with van der Waals surface area (Å²) in [6.07, 6.45) is 0. The highest BCUT2D eigenvalue weighted by Crippen LogP contribution is 2.29. The number of anilines is 1. The molecule has 0 saturated heterocycles. The van der Waals surface area contributed by atoms with Crippen molar-refractivity contribution < 1.29 is 0 Å². The van der Waals surface area contributed by atoms with Crippen LogP contribution in [0.2, 0.25) is 15.1 Å². The predicted molar refractivity (Wildman–Crippen MR) is 80.0 cm³/mol. The minimum atomic E-state index is 0.546. The Morgan fingerprint density at radius 2 is 1.61 bits per heavy atom. The van der Waals surface area contributed by atoms with E-state index in [-0.39, 0.29) is 0 Å². The fourth-order valence-electron chi connectivity index (χ4n) is 1.70. The van der Waals surface area contributed by atoms with E-state index < -0.39 is 0 Å². The molecule has 18 heavy (non-hydrogen) atoms. The molecule has 0 amide bonds. The lowest BCUT2D eigenvalue weighted by molar-refractivity contribution is 1.14. The maximum Gasteiger partial charge on any atom is 0.0485 e. The topological polar surface area (TPSA) is 12.0 Å². The van der Waals surface area contributed by atoms with Crippen LogP contribution in [0.3, 0.4) is 0 Å². The average molecular weight is 301 g/mol. The molecule has 0 aromatic heterocycles. The molecule has 0 aliphatic rings. The average Bonchev–Trinajstić information content (AvgIpc) is 2.30. The van der Waals surface area contributed by atoms with Gasteiger partial charge in [0.25, 0.3) is 0 Å². The molecule has 0 spiro atoms. The third-order valence-corrected chi connectivity index (χ3v) is 3.60. The lowest BCUT2D eigenvalue weighted by Crippen LogP contribution is -2.02. The number of hydrogen-bond acceptors (Lipinski definition) is 1. The minimum Gasteiger partial charge on any atom is -0.381 e. The molecule has 0 bridgehead atoms. The van der Waals surface area contributed by atoms with Crippen molar-refractivity contribution in [2.75, 3.05) is 5.32 Å². The van der Waals surface area contributed by atoms with Crippen LogP contribution in [0.1, 0.15) is 11.1 Å². The van der Waals surface area contributed by atoms with Crippen molar-refractivity contribution in [3.05, 3.63) is 62.6 Å². The largest absolute Gasteiger partial charge is 0.381 e. The number of aryl methyl sites for hydroxylation is 1. The van der Waals surface area contributed by atoms with Gasteiger partial charge in [0.2, 0.25) is 0 Å². The van der Waals surface area contributed by atoms with Crippen molar-refractivity contribution in [2.24, 2.45) is 0 Å². The Kier molecular flexibility index (Phi) is 4.39. The molecular weight excluding hydrogens is 289 g/mol. The second-order valence-corrected chi connectivity index (χ2v) is 5.27. The number of nitrogens with one attached hydrogen (secondary N) is 1. The standard InChI is InChI=1S/C14H12Cl3N/c1-9-4-2-3-5-14(9)18-8-11-12(16)6-10(15)7-13(11)17/h2-7,18H,8H2,1H3. The van der Waals surface area contributed by atoms with Crippen LogP contribution in [0.4, 0.5) is 5.69 Å². The first kappa shape index (κ1) is 13.5. The van der Waals surface area contributed by atoms with Gasteiger partial charge >= 0.3 is 0 Å². The Bertz CT molecular complexity index is 544. The summed E-state index contributed by atoms with van der Waals surface area (Å²) >= 11 is 18.1. The zero-order valence-corrected chi connectivity index (χ0v) is 12.1. The predicted octanol–water partition coefficient (Wildman–Crippen LogP) is 5.57. The van der Waals surface area contributed by atoms with Gasteiger partial charge in [0.15, 0.2) is 0 Å². The summed E-state index contributed by atoms with van der Waals surface area (Å²) in [7, 11) is 0. The van der Waals surface area contributed by atoms with Gasteiger partial charge in [0.1, 0.15) is 0 Å². The van der Waals surface area contributed by atoms with E-state index in [0.717, 1.165) is 11.3 Å². The summed E-state index contributed by atoms with van der Waals surface area (Å²) in [5.74, 6) is 0. The third-order valence-electron chi connectivity index (χ3n) is 2.71. The molecule has 0 unspecified atom stereocenters. The highest BCUT2D eigenvalue weighted by molar-refractivity contribution is 6.39. The van der Waals surface area contributed by atoms with E-state index in [1.807, 2.05) is 31.2 Å². The Hall–Kier alpha value is -0.890. The van der Waals surface area contributed by atoms with Crippen LogP contribution in [-0.4, -0.2) is 0 Å². The number of benzene rings is 2. The molecule has 2 aromatic carbocycles. The second kappa shape index (κ2) is 5.83. The Morgan fingerprint density at radius 3 is 2.22 bits per heavy atom. The first-order valence-corrected chi connectivity index (χ1v) is 6.64. The van der Waals surface area contributed by atoms with Gasteiger partial charge in [0, 0.05) is 32.9 Å². The Morgan fingerprint density at radius 1 is 1.00 bits per heavy atom. The number of rotatable bonds is 3. The highest BCUT2D eigenvalue weighted by Gasteiger charge is 2.08. The molecule has 1 nitrogen and oxygen atoms in total. The number of hydrogen-bond donors (Lipinski definition) is 1. The van der Waals surface area contributed by atoms with Crippen molar-refractivity contribution >= 4 is 40.5 Å². The van der Waals surface area contributed by atoms with Crippen LogP contribution >= 0.6 is 34.8 Å². The van der Waals surface area contributed by atoms with E-state index in [4.69, 9.17) is 34.8 Å². The fraction of sp³-hybridized carbons (Fsp3) is 0.143. The molecule has 0 saturated carbocycles. The first-order chi connectivity index (χ1) is 8.58. The van der Waals surface area contributed by atoms with E-state index in [2.05, 4.69) is 5.32 Å². The molecule has 94 valence electrons. The van der Waals surface area contributed by atoms with E-state index in [0.29, 0.717) is 21.6 Å². The Labute approximate surface area is 122 Å². The lowest BCUT2D eigenvalue weighted by atomic mass is 10.1. The van der Waals surface area contributed by atoms with E-state index in [9.17, 15) is 0 Å². The summed E-state index contributed by atoms with van der Waals surface area (Å²) in [5, 5.41) is 5.02. The van der Waals surface area contributed by atoms with Gasteiger partial charge in [-0.05, 0) is 30.7 Å². The lowest BCUT2D eigenvalue weighted by Gasteiger charge is -2.12. The van der Waals surface area contributed by atoms with Crippen LogP contribution in [-0.2, 0) is 6.54 Å². The summed E-state index contributed by atoms with van der Waals surface area (Å²) in [6.45, 7) is 2.62. The maximum absolute atomic E-state index is 6.13. The normalized spacial score (nSPS) is 10.4. The van der Waals surface area contributed by atoms with Gasteiger partial charge < -0.3 is 5.32 Å². The van der Waals surface area contributed by atoms with Gasteiger partial charge in [-0.2, -0.15) is 0 Å². The summed E-state index contributed by atoms with van der Waals surface area (Å²) < 4.78 is 0. The van der Waals surface area contributed by atoms with Gasteiger partial charge in [-0.15, -0.1) is 0 Å². The summed E-state index contributed by atoms with van der Waals surface area (Å²) in [6, 6.07) is 11.5. The van der Waals surface area contributed by atoms with Gasteiger partial charge in [0.05, 0.1) is 0 Å². The fourth-order valence-corrected chi connectivity index (χ4v) is 2.65. The molecule has 0 fully saturated rings. The monoisotopic (exact) mass is 299 g/mol. The highest BCUT2D eigenvalue weighted by atomic mass is 35.5. The number of para-hydroxylation sites is 1. The molecule has 0 radical (unpaired) electrons. The third kappa shape index (κ3) is 3.11. The SMILES string of the molecule is Cc1ccccc1NCc1c(Cl)cc(Cl)cc1Cl. The second-order valence-electron chi connectivity index (χ2n) is 4.02. The molecule has 0 aliphatic heterocycles. The summed E-state index contributed by atoms with van der Waals surface area (Å²) in [5.41, 5.74) is 3.10. The van der Waals surface area contributed by atoms with Crippen molar-refractivity contribution in [1.29, 1.82) is 0 Å². The Balaban J connectivity index is 2.19. The minimum absolute atomic E-state index is 0.546. The van der Waals surface area contributed by atoms with E-state index in [1.54, 1.807) is 12.1 Å². The quantitative estimate of drug-likeness (QED) is 0.781. The zero-order valence-electron chi connectivity index (χ0n) is 9.81. The van der Waals surface area contributed by atoms with E-state index in [1.165, 1.54) is 5.56 Å². The van der Waals surface area contributed by atoms with Crippen molar-refractivity contribution in [3.63, 3.8) is 0 Å². The smallest absolute Gasteiger partial charge is 0.0485 e. The van der Waals surface area contributed by atoms with Gasteiger partial charge in [-0.25, -0.2) is 0 Å². The molecule has 2 rings (SSSR count). The molecule has 0 heterocycles. The van der Waals surface area contributed by atoms with Gasteiger partial charge in [-0.3, -0.25) is 0 Å². The van der Waals surface area contributed by atoms with Crippen molar-refractivity contribution in [3.8, 4) is 0 Å². The van der Waals surface area contributed by atoms with Gasteiger partial charge in [-0.1, -0.05) is 53.0 Å². The molecule has 2 aromatic rings. The number of halogens is 3. The van der Waals surface area contributed by atoms with Crippen LogP contribution in [0.25, 0.3) is 0 Å². The zero-order chi connectivity index (χ0) is 13.1. The van der Waals surface area contributed by atoms with Crippen LogP contribution in [0.15, 0.2) is 36.4 Å². The molecule has 0 aliphatic carbocycles. The molecule has 1 N–H and O–H groups in total. The van der Waals surface area contributed by atoms with Crippen LogP contribution < -0.4 is 5.32 Å². The van der Waals surface area contributed by atoms with E-state index >= 15 is 0 Å². The van der Waals surface area contributed by atoms with Crippen molar-refractivity contribution in [1.82, 2.24) is 0 Å². The van der Waals surface area contributed by atoms with Crippen LogP contribution in [0.5, 0.6) is 0 Å². The van der Waals surface area contributed by atoms with Crippen LogP contribution in [0, 0.1) is 6.92 Å². The molecular formula is C14H12Cl3N. The summed E-state index contributed by atoms with van der Waals surface area (Å²) in [4.78, 5) is 0. The van der Waals surface area contributed by atoms with Crippen molar-refractivity contribution in [2.45, 2.75) is 13.5 Å². The first-order valence-electron chi connectivity index (χ1n) is 5.51. The molecule has 0 atom stereocenters. The maximum atomic E-state index is 6.13. The molecule has 4 heteroatoms.